The molecule has 1 rings (SSSR count). The number of nitrogens with zero attached hydrogens (tertiary/aromatic N) is 1. The molecule has 0 radical (unpaired) electrons. The normalized spacial score (nSPS) is 24.3. The fourth-order valence-corrected chi connectivity index (χ4v) is 2.51. The molecule has 1 fully saturated rings. The Morgan fingerprint density at radius 1 is 1.42 bits per heavy atom. The summed E-state index contributed by atoms with van der Waals surface area (Å²) < 4.78 is 10.5. The smallest absolute Gasteiger partial charge is 0.0897 e. The molecular weight excluding hydrogens is 244 g/mol. The SMILES string of the molecule is COCC(C)OCC(O)CNCC1CCCN(C)C1. The van der Waals surface area contributed by atoms with Gasteiger partial charge in [-0.2, -0.15) is 0 Å². The number of hydrogen-bond acceptors (Lipinski definition) is 5. The quantitative estimate of drug-likeness (QED) is 0.635. The van der Waals surface area contributed by atoms with Gasteiger partial charge in [0, 0.05) is 20.2 Å². The molecule has 5 nitrogen and oxygen atoms in total. The van der Waals surface area contributed by atoms with Crippen LogP contribution in [0.15, 0.2) is 0 Å². The molecule has 3 atom stereocenters. The number of piperidine rings is 1. The molecule has 0 aromatic heterocycles. The third-order valence-corrected chi connectivity index (χ3v) is 3.51. The number of likely N-dealkylation sites (tertiary alicyclic amines) is 1. The molecule has 0 aliphatic carbocycles. The van der Waals surface area contributed by atoms with Crippen LogP contribution in [0.1, 0.15) is 19.8 Å². The summed E-state index contributed by atoms with van der Waals surface area (Å²) in [7, 11) is 3.82. The largest absolute Gasteiger partial charge is 0.389 e. The number of hydrogen-bond donors (Lipinski definition) is 2. The van der Waals surface area contributed by atoms with E-state index in [1.807, 2.05) is 6.92 Å². The number of aliphatic hydroxyl groups is 1. The van der Waals surface area contributed by atoms with E-state index in [0.717, 1.165) is 13.1 Å². The Hall–Kier alpha value is -0.200. The van der Waals surface area contributed by atoms with Gasteiger partial charge >= 0.3 is 0 Å². The van der Waals surface area contributed by atoms with Crippen molar-refractivity contribution in [3.63, 3.8) is 0 Å². The van der Waals surface area contributed by atoms with Crippen LogP contribution in [0.25, 0.3) is 0 Å². The number of ether oxygens (including phenoxy) is 2. The van der Waals surface area contributed by atoms with E-state index in [-0.39, 0.29) is 6.10 Å². The fraction of sp³-hybridized carbons (Fsp3) is 1.00. The lowest BCUT2D eigenvalue weighted by atomic mass is 9.98. The van der Waals surface area contributed by atoms with Crippen molar-refractivity contribution >= 4 is 0 Å². The van der Waals surface area contributed by atoms with Gasteiger partial charge in [0.15, 0.2) is 0 Å². The number of aliphatic hydroxyl groups excluding tert-OH is 1. The van der Waals surface area contributed by atoms with Crippen molar-refractivity contribution in [2.45, 2.75) is 32.0 Å². The minimum atomic E-state index is -0.444. The van der Waals surface area contributed by atoms with E-state index in [1.165, 1.54) is 19.4 Å². The summed E-state index contributed by atoms with van der Waals surface area (Å²) in [6.45, 7) is 6.82. The lowest BCUT2D eigenvalue weighted by Crippen LogP contribution is -2.40. The van der Waals surface area contributed by atoms with Gasteiger partial charge in [-0.15, -0.1) is 0 Å². The van der Waals surface area contributed by atoms with Crippen LogP contribution in [0.2, 0.25) is 0 Å². The molecular formula is C14H30N2O3. The van der Waals surface area contributed by atoms with Crippen molar-refractivity contribution in [1.29, 1.82) is 0 Å². The molecule has 1 aliphatic rings. The Morgan fingerprint density at radius 3 is 2.89 bits per heavy atom. The molecule has 5 heteroatoms. The van der Waals surface area contributed by atoms with Crippen molar-refractivity contribution in [2.75, 3.05) is 53.6 Å². The van der Waals surface area contributed by atoms with Gasteiger partial charge in [-0.1, -0.05) is 0 Å². The molecule has 0 saturated carbocycles. The van der Waals surface area contributed by atoms with Gasteiger partial charge in [0.1, 0.15) is 0 Å². The second-order valence-corrected chi connectivity index (χ2v) is 5.68. The van der Waals surface area contributed by atoms with Gasteiger partial charge in [-0.25, -0.2) is 0 Å². The van der Waals surface area contributed by atoms with Gasteiger partial charge in [0.25, 0.3) is 0 Å². The summed E-state index contributed by atoms with van der Waals surface area (Å²) in [5.41, 5.74) is 0. The average Bonchev–Trinajstić information content (AvgIpc) is 2.37. The van der Waals surface area contributed by atoms with Gasteiger partial charge in [0.05, 0.1) is 25.4 Å². The van der Waals surface area contributed by atoms with Crippen molar-refractivity contribution in [3.05, 3.63) is 0 Å². The zero-order valence-electron chi connectivity index (χ0n) is 12.6. The standard InChI is InChI=1S/C14H30N2O3/c1-12(10-18-3)19-11-14(17)8-15-7-13-5-4-6-16(2)9-13/h12-15,17H,4-11H2,1-3H3. The minimum absolute atomic E-state index is 0.0339. The highest BCUT2D eigenvalue weighted by Crippen LogP contribution is 2.13. The van der Waals surface area contributed by atoms with Gasteiger partial charge in [-0.3, -0.25) is 0 Å². The van der Waals surface area contributed by atoms with E-state index in [4.69, 9.17) is 9.47 Å². The zero-order chi connectivity index (χ0) is 14.1. The summed E-state index contributed by atoms with van der Waals surface area (Å²) in [6, 6.07) is 0. The van der Waals surface area contributed by atoms with E-state index in [9.17, 15) is 5.11 Å². The Morgan fingerprint density at radius 2 is 2.21 bits per heavy atom. The fourth-order valence-electron chi connectivity index (χ4n) is 2.51. The van der Waals surface area contributed by atoms with E-state index in [2.05, 4.69) is 17.3 Å². The molecule has 19 heavy (non-hydrogen) atoms. The second kappa shape index (κ2) is 9.66. The van der Waals surface area contributed by atoms with Crippen molar-refractivity contribution < 1.29 is 14.6 Å². The highest BCUT2D eigenvalue weighted by Gasteiger charge is 2.17. The predicted molar refractivity (Wildman–Crippen MR) is 76.4 cm³/mol. The first kappa shape index (κ1) is 16.9. The molecule has 1 aliphatic heterocycles. The molecule has 0 aromatic rings. The topological polar surface area (TPSA) is 54.0 Å². The Labute approximate surface area is 117 Å². The van der Waals surface area contributed by atoms with Gasteiger partial charge in [0.2, 0.25) is 0 Å². The third kappa shape index (κ3) is 7.84. The monoisotopic (exact) mass is 274 g/mol. The summed E-state index contributed by atoms with van der Waals surface area (Å²) in [6.07, 6.45) is 2.16. The highest BCUT2D eigenvalue weighted by molar-refractivity contribution is 4.73. The average molecular weight is 274 g/mol. The van der Waals surface area contributed by atoms with Crippen molar-refractivity contribution in [3.8, 4) is 0 Å². The summed E-state index contributed by atoms with van der Waals surface area (Å²) in [5, 5.41) is 13.2. The van der Waals surface area contributed by atoms with Gasteiger partial charge < -0.3 is 24.8 Å². The lowest BCUT2D eigenvalue weighted by molar-refractivity contribution is -0.0313. The van der Waals surface area contributed by atoms with Crippen LogP contribution in [0.4, 0.5) is 0 Å². The molecule has 0 spiro atoms. The number of nitrogens with one attached hydrogen (secondary N) is 1. The number of methoxy groups -OCH3 is 1. The minimum Gasteiger partial charge on any atom is -0.389 e. The van der Waals surface area contributed by atoms with E-state index in [1.54, 1.807) is 7.11 Å². The predicted octanol–water partition coefficient (Wildman–Crippen LogP) is 0.330. The van der Waals surface area contributed by atoms with Crippen LogP contribution in [-0.2, 0) is 9.47 Å². The first-order valence-electron chi connectivity index (χ1n) is 7.29. The molecule has 1 saturated heterocycles. The third-order valence-electron chi connectivity index (χ3n) is 3.51. The molecule has 0 amide bonds. The lowest BCUT2D eigenvalue weighted by Gasteiger charge is -2.30. The van der Waals surface area contributed by atoms with Crippen molar-refractivity contribution in [1.82, 2.24) is 10.2 Å². The van der Waals surface area contributed by atoms with Crippen LogP contribution in [0.5, 0.6) is 0 Å². The maximum Gasteiger partial charge on any atom is 0.0897 e. The van der Waals surface area contributed by atoms with E-state index >= 15 is 0 Å². The van der Waals surface area contributed by atoms with Crippen LogP contribution in [0, 0.1) is 5.92 Å². The van der Waals surface area contributed by atoms with Crippen LogP contribution in [0.3, 0.4) is 0 Å². The summed E-state index contributed by atoms with van der Waals surface area (Å²) >= 11 is 0. The molecule has 0 bridgehead atoms. The second-order valence-electron chi connectivity index (χ2n) is 5.68. The van der Waals surface area contributed by atoms with Crippen molar-refractivity contribution in [2.24, 2.45) is 5.92 Å². The van der Waals surface area contributed by atoms with Crippen LogP contribution < -0.4 is 5.32 Å². The van der Waals surface area contributed by atoms with E-state index < -0.39 is 6.10 Å². The zero-order valence-corrected chi connectivity index (χ0v) is 12.6. The summed E-state index contributed by atoms with van der Waals surface area (Å²) in [4.78, 5) is 2.38. The first-order chi connectivity index (χ1) is 9.11. The highest BCUT2D eigenvalue weighted by atomic mass is 16.5. The molecule has 114 valence electrons. The Balaban J connectivity index is 2.01. The van der Waals surface area contributed by atoms with Crippen LogP contribution in [-0.4, -0.2) is 75.8 Å². The Bertz CT molecular complexity index is 229. The number of rotatable bonds is 9. The first-order valence-corrected chi connectivity index (χ1v) is 7.29. The molecule has 2 N–H and O–H groups in total. The van der Waals surface area contributed by atoms with Crippen LogP contribution >= 0.6 is 0 Å². The maximum absolute atomic E-state index is 9.81. The molecule has 3 unspecified atom stereocenters. The summed E-state index contributed by atoms with van der Waals surface area (Å²) in [5.74, 6) is 0.708. The van der Waals surface area contributed by atoms with E-state index in [0.29, 0.717) is 25.7 Å². The van der Waals surface area contributed by atoms with Gasteiger partial charge in [-0.05, 0) is 45.8 Å². The molecule has 1 heterocycles. The maximum atomic E-state index is 9.81. The Kier molecular flexibility index (Phi) is 8.57. The molecule has 0 aromatic carbocycles.